The van der Waals surface area contributed by atoms with Gasteiger partial charge in [0.15, 0.2) is 0 Å². The van der Waals surface area contributed by atoms with Crippen molar-refractivity contribution in [3.05, 3.63) is 65.7 Å². The fourth-order valence-electron chi connectivity index (χ4n) is 2.45. The number of carbonyl (C=O) groups is 2. The summed E-state index contributed by atoms with van der Waals surface area (Å²) in [5.41, 5.74) is 2.15. The van der Waals surface area contributed by atoms with E-state index in [1.54, 1.807) is 24.3 Å². The van der Waals surface area contributed by atoms with Gasteiger partial charge in [-0.25, -0.2) is 4.79 Å². The van der Waals surface area contributed by atoms with E-state index in [2.05, 4.69) is 5.32 Å². The molecular formula is C20H23NO3. The summed E-state index contributed by atoms with van der Waals surface area (Å²) in [6.45, 7) is 4.35. The van der Waals surface area contributed by atoms with Crippen LogP contribution in [0.15, 0.2) is 54.6 Å². The fraction of sp³-hybridized carbons (Fsp3) is 0.300. The molecule has 0 aliphatic rings. The third-order valence-electron chi connectivity index (χ3n) is 3.75. The maximum absolute atomic E-state index is 12.5. The number of ether oxygens (including phenoxy) is 1. The van der Waals surface area contributed by atoms with E-state index in [0.29, 0.717) is 17.9 Å². The maximum Gasteiger partial charge on any atom is 0.338 e. The molecule has 0 fully saturated rings. The summed E-state index contributed by atoms with van der Waals surface area (Å²) in [7, 11) is 0. The number of amides is 1. The number of anilines is 1. The van der Waals surface area contributed by atoms with E-state index in [0.717, 1.165) is 18.4 Å². The molecule has 0 radical (unpaired) electrons. The van der Waals surface area contributed by atoms with Crippen LogP contribution in [0.25, 0.3) is 0 Å². The van der Waals surface area contributed by atoms with Gasteiger partial charge in [-0.3, -0.25) is 4.79 Å². The Kier molecular flexibility index (Phi) is 6.55. The van der Waals surface area contributed by atoms with Crippen molar-refractivity contribution in [3.8, 4) is 0 Å². The number of hydrogen-bond donors (Lipinski definition) is 1. The Hall–Kier alpha value is -2.62. The second kappa shape index (κ2) is 8.87. The van der Waals surface area contributed by atoms with Crippen LogP contribution >= 0.6 is 0 Å². The molecule has 1 atom stereocenters. The first kappa shape index (κ1) is 17.7. The van der Waals surface area contributed by atoms with Gasteiger partial charge in [-0.1, -0.05) is 44.2 Å². The Morgan fingerprint density at radius 2 is 1.67 bits per heavy atom. The van der Waals surface area contributed by atoms with Crippen LogP contribution in [0, 0.1) is 0 Å². The molecule has 0 heterocycles. The highest BCUT2D eigenvalue weighted by Crippen LogP contribution is 2.21. The topological polar surface area (TPSA) is 55.4 Å². The van der Waals surface area contributed by atoms with E-state index in [4.69, 9.17) is 4.74 Å². The normalized spacial score (nSPS) is 11.6. The van der Waals surface area contributed by atoms with Crippen molar-refractivity contribution in [1.29, 1.82) is 0 Å². The summed E-state index contributed by atoms with van der Waals surface area (Å²) in [6.07, 6.45) is 1.51. The van der Waals surface area contributed by atoms with Crippen molar-refractivity contribution in [2.45, 2.75) is 32.6 Å². The van der Waals surface area contributed by atoms with Crippen LogP contribution < -0.4 is 5.32 Å². The van der Waals surface area contributed by atoms with Gasteiger partial charge in [-0.05, 0) is 42.7 Å². The molecular weight excluding hydrogens is 302 g/mol. The molecule has 24 heavy (non-hydrogen) atoms. The molecule has 0 spiro atoms. The smallest absolute Gasteiger partial charge is 0.338 e. The summed E-state index contributed by atoms with van der Waals surface area (Å²) in [6, 6.07) is 16.5. The number of esters is 1. The first-order valence-electron chi connectivity index (χ1n) is 8.28. The van der Waals surface area contributed by atoms with Crippen LogP contribution in [-0.2, 0) is 9.53 Å². The molecule has 0 saturated heterocycles. The summed E-state index contributed by atoms with van der Waals surface area (Å²) in [5, 5.41) is 2.91. The first-order valence-corrected chi connectivity index (χ1v) is 8.28. The quantitative estimate of drug-likeness (QED) is 0.768. The molecule has 1 amide bonds. The number of carbonyl (C=O) groups excluding carboxylic acids is 2. The highest BCUT2D eigenvalue weighted by Gasteiger charge is 2.18. The molecule has 0 aromatic heterocycles. The minimum Gasteiger partial charge on any atom is -0.462 e. The highest BCUT2D eigenvalue weighted by atomic mass is 16.5. The van der Waals surface area contributed by atoms with Gasteiger partial charge < -0.3 is 10.1 Å². The van der Waals surface area contributed by atoms with E-state index in [1.807, 2.05) is 44.2 Å². The molecule has 0 aliphatic heterocycles. The van der Waals surface area contributed by atoms with Crippen molar-refractivity contribution in [1.82, 2.24) is 0 Å². The van der Waals surface area contributed by atoms with Gasteiger partial charge in [0.1, 0.15) is 0 Å². The maximum atomic E-state index is 12.5. The summed E-state index contributed by atoms with van der Waals surface area (Å²) >= 11 is 0. The third-order valence-corrected chi connectivity index (χ3v) is 3.75. The molecule has 2 aromatic carbocycles. The monoisotopic (exact) mass is 325 g/mol. The average Bonchev–Trinajstić information content (AvgIpc) is 2.62. The summed E-state index contributed by atoms with van der Waals surface area (Å²) < 4.78 is 5.09. The van der Waals surface area contributed by atoms with Crippen LogP contribution in [0.5, 0.6) is 0 Å². The van der Waals surface area contributed by atoms with E-state index >= 15 is 0 Å². The van der Waals surface area contributed by atoms with E-state index in [1.165, 1.54) is 0 Å². The zero-order valence-electron chi connectivity index (χ0n) is 14.1. The molecule has 1 N–H and O–H groups in total. The van der Waals surface area contributed by atoms with Crippen molar-refractivity contribution >= 4 is 17.6 Å². The van der Waals surface area contributed by atoms with Crippen LogP contribution in [0.1, 0.15) is 48.5 Å². The van der Waals surface area contributed by atoms with Crippen molar-refractivity contribution in [2.75, 3.05) is 11.9 Å². The van der Waals surface area contributed by atoms with Crippen LogP contribution in [-0.4, -0.2) is 18.5 Å². The van der Waals surface area contributed by atoms with Gasteiger partial charge in [0, 0.05) is 5.69 Å². The van der Waals surface area contributed by atoms with Crippen LogP contribution in [0.2, 0.25) is 0 Å². The van der Waals surface area contributed by atoms with E-state index < -0.39 is 0 Å². The van der Waals surface area contributed by atoms with Gasteiger partial charge >= 0.3 is 5.97 Å². The predicted molar refractivity (Wildman–Crippen MR) is 95.1 cm³/mol. The zero-order valence-corrected chi connectivity index (χ0v) is 14.1. The van der Waals surface area contributed by atoms with Gasteiger partial charge in [0.05, 0.1) is 18.1 Å². The van der Waals surface area contributed by atoms with Gasteiger partial charge in [-0.15, -0.1) is 0 Å². The third kappa shape index (κ3) is 4.69. The Balaban J connectivity index is 2.02. The molecule has 2 aromatic rings. The second-order valence-corrected chi connectivity index (χ2v) is 5.57. The van der Waals surface area contributed by atoms with Crippen LogP contribution in [0.4, 0.5) is 5.69 Å². The lowest BCUT2D eigenvalue weighted by Gasteiger charge is -2.15. The minimum absolute atomic E-state index is 0.0509. The Bertz CT molecular complexity index is 665. The summed E-state index contributed by atoms with van der Waals surface area (Å²) in [5.74, 6) is -0.587. The second-order valence-electron chi connectivity index (χ2n) is 5.57. The molecule has 4 nitrogen and oxygen atoms in total. The largest absolute Gasteiger partial charge is 0.462 e. The fourth-order valence-corrected chi connectivity index (χ4v) is 2.45. The zero-order chi connectivity index (χ0) is 17.4. The van der Waals surface area contributed by atoms with E-state index in [9.17, 15) is 9.59 Å². The van der Waals surface area contributed by atoms with Gasteiger partial charge in [0.2, 0.25) is 5.91 Å². The van der Waals surface area contributed by atoms with Crippen molar-refractivity contribution in [3.63, 3.8) is 0 Å². The van der Waals surface area contributed by atoms with Gasteiger partial charge in [-0.2, -0.15) is 0 Å². The van der Waals surface area contributed by atoms with Crippen molar-refractivity contribution in [2.24, 2.45) is 0 Å². The molecule has 0 bridgehead atoms. The predicted octanol–water partition coefficient (Wildman–Crippen LogP) is 4.39. The molecule has 2 rings (SSSR count). The average molecular weight is 325 g/mol. The number of hydrogen-bond acceptors (Lipinski definition) is 3. The lowest BCUT2D eigenvalue weighted by atomic mass is 9.95. The Labute approximate surface area is 142 Å². The van der Waals surface area contributed by atoms with Crippen LogP contribution in [0.3, 0.4) is 0 Å². The molecule has 126 valence electrons. The van der Waals surface area contributed by atoms with E-state index in [-0.39, 0.29) is 17.8 Å². The Morgan fingerprint density at radius 3 is 2.25 bits per heavy atom. The standard InChI is InChI=1S/C20H23NO3/c1-3-14-24-20(23)16-10-12-17(13-11-16)21-19(22)18(4-2)15-8-6-5-7-9-15/h5-13,18H,3-4,14H2,1-2H3,(H,21,22)/t18-/m1/s1. The molecule has 0 saturated carbocycles. The lowest BCUT2D eigenvalue weighted by molar-refractivity contribution is -0.117. The SMILES string of the molecule is CCCOC(=O)c1ccc(NC(=O)[C@H](CC)c2ccccc2)cc1. The number of nitrogens with one attached hydrogen (secondary N) is 1. The number of rotatable bonds is 7. The first-order chi connectivity index (χ1) is 11.7. The number of benzene rings is 2. The Morgan fingerprint density at radius 1 is 1.00 bits per heavy atom. The molecule has 4 heteroatoms. The van der Waals surface area contributed by atoms with Gasteiger partial charge in [0.25, 0.3) is 0 Å². The molecule has 0 unspecified atom stereocenters. The lowest BCUT2D eigenvalue weighted by Crippen LogP contribution is -2.20. The highest BCUT2D eigenvalue weighted by molar-refractivity contribution is 5.96. The summed E-state index contributed by atoms with van der Waals surface area (Å²) in [4.78, 5) is 24.3. The van der Waals surface area contributed by atoms with Crippen molar-refractivity contribution < 1.29 is 14.3 Å². The minimum atomic E-state index is -0.342. The molecule has 0 aliphatic carbocycles.